The summed E-state index contributed by atoms with van der Waals surface area (Å²) >= 11 is 6.06. The van der Waals surface area contributed by atoms with Gasteiger partial charge in [0.2, 0.25) is 0 Å². The molecule has 1 saturated carbocycles. The Morgan fingerprint density at radius 1 is 1.42 bits per heavy atom. The lowest BCUT2D eigenvalue weighted by molar-refractivity contribution is -0.146. The maximum absolute atomic E-state index is 11.2. The fraction of sp³-hybridized carbons (Fsp3) is 0.533. The first-order chi connectivity index (χ1) is 8.87. The van der Waals surface area contributed by atoms with Crippen molar-refractivity contribution in [2.45, 2.75) is 33.1 Å². The van der Waals surface area contributed by atoms with E-state index in [1.165, 1.54) is 12.8 Å². The third-order valence-electron chi connectivity index (χ3n) is 3.34. The van der Waals surface area contributed by atoms with Crippen LogP contribution in [0.3, 0.4) is 0 Å². The highest BCUT2D eigenvalue weighted by atomic mass is 35.5. The Morgan fingerprint density at radius 3 is 2.68 bits per heavy atom. The molecular weight excluding hydrogens is 264 g/mol. The summed E-state index contributed by atoms with van der Waals surface area (Å²) in [4.78, 5) is 11.2. The second-order valence-electron chi connectivity index (χ2n) is 5.92. The number of carbonyl (C=O) groups is 1. The molecule has 0 heterocycles. The van der Waals surface area contributed by atoms with Crippen LogP contribution < -0.4 is 4.74 Å². The fourth-order valence-corrected chi connectivity index (χ4v) is 2.14. The molecule has 0 aromatic heterocycles. The van der Waals surface area contributed by atoms with Crippen molar-refractivity contribution in [3.05, 3.63) is 28.8 Å². The van der Waals surface area contributed by atoms with Gasteiger partial charge in [-0.3, -0.25) is 4.79 Å². The van der Waals surface area contributed by atoms with Gasteiger partial charge >= 0.3 is 5.97 Å². The van der Waals surface area contributed by atoms with E-state index in [9.17, 15) is 4.79 Å². The van der Waals surface area contributed by atoms with E-state index in [1.807, 2.05) is 6.07 Å². The second-order valence-corrected chi connectivity index (χ2v) is 6.35. The van der Waals surface area contributed by atoms with Crippen molar-refractivity contribution < 1.29 is 14.6 Å². The highest BCUT2D eigenvalue weighted by molar-refractivity contribution is 6.30. The van der Waals surface area contributed by atoms with Crippen LogP contribution in [0, 0.1) is 11.3 Å². The minimum atomic E-state index is -0.812. The zero-order chi connectivity index (χ0) is 14.0. The molecule has 0 radical (unpaired) electrons. The third kappa shape index (κ3) is 4.13. The summed E-state index contributed by atoms with van der Waals surface area (Å²) in [5, 5.41) is 9.75. The molecule has 3 nitrogen and oxygen atoms in total. The van der Waals surface area contributed by atoms with Gasteiger partial charge in [-0.05, 0) is 62.8 Å². The van der Waals surface area contributed by atoms with Crippen LogP contribution in [-0.4, -0.2) is 17.7 Å². The Morgan fingerprint density at radius 2 is 2.11 bits per heavy atom. The van der Waals surface area contributed by atoms with Crippen LogP contribution >= 0.6 is 11.6 Å². The topological polar surface area (TPSA) is 46.5 Å². The molecule has 4 heteroatoms. The number of aliphatic carboxylic acids is 1. The monoisotopic (exact) mass is 282 g/mol. The molecule has 1 fully saturated rings. The number of hydrogen-bond acceptors (Lipinski definition) is 2. The molecule has 1 N–H and O–H groups in total. The quantitative estimate of drug-likeness (QED) is 0.864. The van der Waals surface area contributed by atoms with Crippen LogP contribution in [0.4, 0.5) is 0 Å². The Labute approximate surface area is 118 Å². The smallest absolute Gasteiger partial charge is 0.309 e. The number of hydrogen-bond donors (Lipinski definition) is 1. The van der Waals surface area contributed by atoms with Gasteiger partial charge < -0.3 is 9.84 Å². The molecule has 0 atom stereocenters. The average Bonchev–Trinajstić information content (AvgIpc) is 3.08. The van der Waals surface area contributed by atoms with Crippen LogP contribution in [0.2, 0.25) is 5.02 Å². The number of halogens is 1. The molecule has 1 aromatic rings. The summed E-state index contributed by atoms with van der Waals surface area (Å²) in [5.41, 5.74) is 0.0871. The minimum Gasteiger partial charge on any atom is -0.493 e. The number of rotatable bonds is 6. The lowest BCUT2D eigenvalue weighted by Gasteiger charge is -2.19. The Bertz CT molecular complexity index is 478. The summed E-state index contributed by atoms with van der Waals surface area (Å²) in [6.07, 6.45) is 2.90. The first-order valence-corrected chi connectivity index (χ1v) is 6.90. The Hall–Kier alpha value is -1.22. The van der Waals surface area contributed by atoms with E-state index in [1.54, 1.807) is 26.0 Å². The first-order valence-electron chi connectivity index (χ1n) is 6.52. The molecule has 0 spiro atoms. The summed E-state index contributed by atoms with van der Waals surface area (Å²) in [7, 11) is 0. The van der Waals surface area contributed by atoms with Gasteiger partial charge in [0.05, 0.1) is 12.0 Å². The van der Waals surface area contributed by atoms with Crippen LogP contribution in [0.15, 0.2) is 18.2 Å². The number of carboxylic acid groups (broad SMARTS) is 1. The summed E-state index contributed by atoms with van der Waals surface area (Å²) in [5.74, 6) is 0.599. The molecule has 0 saturated heterocycles. The van der Waals surface area contributed by atoms with Gasteiger partial charge in [0, 0.05) is 5.02 Å². The van der Waals surface area contributed by atoms with Crippen LogP contribution in [0.5, 0.6) is 5.75 Å². The molecular formula is C15H19ClO3. The van der Waals surface area contributed by atoms with Gasteiger partial charge in [-0.2, -0.15) is 0 Å². The van der Waals surface area contributed by atoms with Gasteiger partial charge in [0.1, 0.15) is 5.75 Å². The first kappa shape index (κ1) is 14.2. The Kier molecular flexibility index (Phi) is 4.04. The van der Waals surface area contributed by atoms with E-state index in [0.29, 0.717) is 17.4 Å². The van der Waals surface area contributed by atoms with E-state index in [-0.39, 0.29) is 0 Å². The largest absolute Gasteiger partial charge is 0.493 e. The summed E-state index contributed by atoms with van der Waals surface area (Å²) in [6, 6.07) is 5.47. The van der Waals surface area contributed by atoms with Gasteiger partial charge in [0.15, 0.2) is 0 Å². The lowest BCUT2D eigenvalue weighted by Crippen LogP contribution is -2.26. The molecule has 1 aromatic carbocycles. The van der Waals surface area contributed by atoms with Gasteiger partial charge in [0.25, 0.3) is 0 Å². The molecule has 2 rings (SSSR count). The zero-order valence-corrected chi connectivity index (χ0v) is 12.0. The Balaban J connectivity index is 2.08. The van der Waals surface area contributed by atoms with Crippen molar-refractivity contribution in [2.75, 3.05) is 6.61 Å². The van der Waals surface area contributed by atoms with E-state index < -0.39 is 11.4 Å². The predicted molar refractivity (Wildman–Crippen MR) is 74.8 cm³/mol. The third-order valence-corrected chi connectivity index (χ3v) is 3.56. The van der Waals surface area contributed by atoms with E-state index in [2.05, 4.69) is 0 Å². The minimum absolute atomic E-state index is 0.433. The molecule has 0 aliphatic heterocycles. The van der Waals surface area contributed by atoms with Crippen LogP contribution in [-0.2, 0) is 11.2 Å². The van der Waals surface area contributed by atoms with Crippen LogP contribution in [0.1, 0.15) is 32.3 Å². The molecule has 1 aliphatic rings. The molecule has 0 amide bonds. The molecule has 0 bridgehead atoms. The second kappa shape index (κ2) is 5.41. The van der Waals surface area contributed by atoms with Crippen molar-refractivity contribution >= 4 is 17.6 Å². The van der Waals surface area contributed by atoms with E-state index in [4.69, 9.17) is 21.4 Å². The van der Waals surface area contributed by atoms with Crippen molar-refractivity contribution in [1.82, 2.24) is 0 Å². The number of benzene rings is 1. The van der Waals surface area contributed by atoms with Gasteiger partial charge in [-0.25, -0.2) is 0 Å². The van der Waals surface area contributed by atoms with Gasteiger partial charge in [-0.15, -0.1) is 0 Å². The van der Waals surface area contributed by atoms with Crippen molar-refractivity contribution in [2.24, 2.45) is 11.3 Å². The maximum atomic E-state index is 11.2. The maximum Gasteiger partial charge on any atom is 0.309 e. The highest BCUT2D eigenvalue weighted by Gasteiger charge is 2.28. The highest BCUT2D eigenvalue weighted by Crippen LogP contribution is 2.31. The fourth-order valence-electron chi connectivity index (χ4n) is 1.89. The normalized spacial score (nSPS) is 15.3. The lowest BCUT2D eigenvalue weighted by atomic mass is 9.86. The SMILES string of the molecule is CC(C)(Cc1cc(Cl)cc(OCC2CC2)c1)C(=O)O. The summed E-state index contributed by atoms with van der Waals surface area (Å²) in [6.45, 7) is 4.14. The molecule has 104 valence electrons. The predicted octanol–water partition coefficient (Wildman–Crippen LogP) is 3.78. The average molecular weight is 283 g/mol. The van der Waals surface area contributed by atoms with E-state index >= 15 is 0 Å². The number of ether oxygens (including phenoxy) is 1. The van der Waals surface area contributed by atoms with Crippen molar-refractivity contribution in [3.63, 3.8) is 0 Å². The van der Waals surface area contributed by atoms with Crippen molar-refractivity contribution in [3.8, 4) is 5.75 Å². The number of carboxylic acids is 1. The standard InChI is InChI=1S/C15H19ClO3/c1-15(2,14(17)18)8-11-5-12(16)7-13(6-11)19-9-10-3-4-10/h5-7,10H,3-4,8-9H2,1-2H3,(H,17,18). The van der Waals surface area contributed by atoms with Crippen molar-refractivity contribution in [1.29, 1.82) is 0 Å². The summed E-state index contributed by atoms with van der Waals surface area (Å²) < 4.78 is 5.69. The zero-order valence-electron chi connectivity index (χ0n) is 11.3. The van der Waals surface area contributed by atoms with Gasteiger partial charge in [-0.1, -0.05) is 11.6 Å². The molecule has 19 heavy (non-hydrogen) atoms. The molecule has 0 unspecified atom stereocenters. The van der Waals surface area contributed by atoms with E-state index in [0.717, 1.165) is 17.9 Å². The molecule has 1 aliphatic carbocycles. The van der Waals surface area contributed by atoms with Crippen LogP contribution in [0.25, 0.3) is 0 Å².